The molecule has 0 aliphatic carbocycles. The Morgan fingerprint density at radius 2 is 1.66 bits per heavy atom. The third kappa shape index (κ3) is 6.47. The molecule has 1 aliphatic rings. The van der Waals surface area contributed by atoms with Crippen molar-refractivity contribution >= 4 is 0 Å². The number of hydrogen-bond donors (Lipinski definition) is 1. The largest absolute Gasteiger partial charge is 0.489 e. The molecule has 0 atom stereocenters. The van der Waals surface area contributed by atoms with E-state index in [0.717, 1.165) is 68.0 Å². The molecule has 1 aliphatic heterocycles. The second kappa shape index (κ2) is 12.9. The highest BCUT2D eigenvalue weighted by atomic mass is 16.5. The molecule has 204 valence electrons. The summed E-state index contributed by atoms with van der Waals surface area (Å²) in [6, 6.07) is 15.6. The molecule has 38 heavy (non-hydrogen) atoms. The minimum absolute atomic E-state index is 0.299. The lowest BCUT2D eigenvalue weighted by Crippen LogP contribution is -2.34. The van der Waals surface area contributed by atoms with E-state index in [9.17, 15) is 5.11 Å². The molecule has 4 heteroatoms. The molecule has 0 saturated carbocycles. The number of aryl methyl sites for hydroxylation is 4. The topological polar surface area (TPSA) is 45.6 Å². The van der Waals surface area contributed by atoms with Crippen LogP contribution in [-0.4, -0.2) is 34.7 Å². The maximum Gasteiger partial charge on any atom is 0.123 e. The minimum Gasteiger partial charge on any atom is -0.489 e. The fraction of sp³-hybridized carbons (Fsp3) is 0.500. The van der Waals surface area contributed by atoms with E-state index in [-0.39, 0.29) is 0 Å². The summed E-state index contributed by atoms with van der Waals surface area (Å²) in [6.45, 7) is 16.9. The number of benzene rings is 2. The smallest absolute Gasteiger partial charge is 0.123 e. The summed E-state index contributed by atoms with van der Waals surface area (Å²) in [6.07, 6.45) is 4.09. The first-order valence-electron chi connectivity index (χ1n) is 14.5. The van der Waals surface area contributed by atoms with Crippen LogP contribution in [0.2, 0.25) is 0 Å². The lowest BCUT2D eigenvalue weighted by Gasteiger charge is -2.32. The third-order valence-electron chi connectivity index (χ3n) is 8.29. The summed E-state index contributed by atoms with van der Waals surface area (Å²) in [5.41, 5.74) is 11.1. The van der Waals surface area contributed by atoms with Gasteiger partial charge in [-0.25, -0.2) is 0 Å². The van der Waals surface area contributed by atoms with Crippen LogP contribution in [0.25, 0.3) is 11.3 Å². The van der Waals surface area contributed by atoms with Crippen LogP contribution in [0.3, 0.4) is 0 Å². The quantitative estimate of drug-likeness (QED) is 0.306. The first-order valence-corrected chi connectivity index (χ1v) is 14.5. The van der Waals surface area contributed by atoms with Gasteiger partial charge in [0, 0.05) is 30.0 Å². The number of likely N-dealkylation sites (tertiary alicyclic amines) is 1. The van der Waals surface area contributed by atoms with Gasteiger partial charge in [-0.1, -0.05) is 58.0 Å². The van der Waals surface area contributed by atoms with Gasteiger partial charge in [-0.15, -0.1) is 0 Å². The summed E-state index contributed by atoms with van der Waals surface area (Å²) in [7, 11) is 0. The van der Waals surface area contributed by atoms with Crippen LogP contribution in [0.4, 0.5) is 0 Å². The molecule has 1 saturated heterocycles. The normalized spacial score (nSPS) is 14.8. The average molecular weight is 515 g/mol. The molecular weight excluding hydrogens is 468 g/mol. The predicted molar refractivity (Wildman–Crippen MR) is 158 cm³/mol. The van der Waals surface area contributed by atoms with Gasteiger partial charge in [-0.05, 0) is 104 Å². The molecule has 0 unspecified atom stereocenters. The summed E-state index contributed by atoms with van der Waals surface area (Å²) in [5, 5.41) is 9.62. The number of piperidine rings is 1. The summed E-state index contributed by atoms with van der Waals surface area (Å²) in [5.74, 6) is 1.85. The zero-order valence-corrected chi connectivity index (χ0v) is 24.3. The molecule has 1 N–H and O–H groups in total. The van der Waals surface area contributed by atoms with Gasteiger partial charge in [0.2, 0.25) is 0 Å². The highest BCUT2D eigenvalue weighted by Gasteiger charge is 2.22. The highest BCUT2D eigenvalue weighted by molar-refractivity contribution is 5.69. The van der Waals surface area contributed by atoms with E-state index in [1.807, 2.05) is 0 Å². The van der Waals surface area contributed by atoms with Gasteiger partial charge in [0.15, 0.2) is 0 Å². The Labute approximate surface area is 230 Å². The van der Waals surface area contributed by atoms with Crippen LogP contribution in [0, 0.1) is 19.8 Å². The zero-order chi connectivity index (χ0) is 27.2. The van der Waals surface area contributed by atoms with Gasteiger partial charge in [-0.3, -0.25) is 9.88 Å². The fourth-order valence-electron chi connectivity index (χ4n) is 5.65. The van der Waals surface area contributed by atoms with Gasteiger partial charge >= 0.3 is 0 Å². The molecule has 1 fully saturated rings. The number of nitrogens with zero attached hydrogens (tertiary/aromatic N) is 2. The van der Waals surface area contributed by atoms with Crippen molar-refractivity contribution in [3.63, 3.8) is 0 Å². The van der Waals surface area contributed by atoms with Gasteiger partial charge in [0.05, 0.1) is 5.69 Å². The van der Waals surface area contributed by atoms with Crippen molar-refractivity contribution in [2.24, 2.45) is 5.92 Å². The minimum atomic E-state index is 0.299. The molecule has 2 heterocycles. The second-order valence-electron chi connectivity index (χ2n) is 11.3. The standard InChI is InChI=1S/C34H46N2O2/c1-7-27-10-9-11-28(8-2)34(27)32-18-30(20-36-16-14-26(21-37)15-17-36)31(25(6)35-32)22-38-33-19-29(23(3)4)13-12-24(33)5/h9-13,18-19,23,26,37H,7-8,14-17,20-22H2,1-6H3. The molecule has 0 spiro atoms. The first kappa shape index (κ1) is 28.3. The van der Waals surface area contributed by atoms with E-state index in [4.69, 9.17) is 9.72 Å². The molecule has 0 radical (unpaired) electrons. The van der Waals surface area contributed by atoms with Gasteiger partial charge in [0.1, 0.15) is 12.4 Å². The van der Waals surface area contributed by atoms with Crippen molar-refractivity contribution < 1.29 is 9.84 Å². The van der Waals surface area contributed by atoms with E-state index in [0.29, 0.717) is 25.0 Å². The Balaban J connectivity index is 1.71. The maximum absolute atomic E-state index is 9.62. The van der Waals surface area contributed by atoms with E-state index in [1.165, 1.54) is 33.4 Å². The summed E-state index contributed by atoms with van der Waals surface area (Å²) in [4.78, 5) is 7.72. The van der Waals surface area contributed by atoms with Crippen LogP contribution < -0.4 is 4.74 Å². The molecule has 0 bridgehead atoms. The van der Waals surface area contributed by atoms with Crippen molar-refractivity contribution in [1.82, 2.24) is 9.88 Å². The van der Waals surface area contributed by atoms with Crippen molar-refractivity contribution in [3.8, 4) is 17.0 Å². The first-order chi connectivity index (χ1) is 18.3. The van der Waals surface area contributed by atoms with Gasteiger partial charge in [-0.2, -0.15) is 0 Å². The van der Waals surface area contributed by atoms with Crippen LogP contribution in [0.5, 0.6) is 5.75 Å². The third-order valence-corrected chi connectivity index (χ3v) is 8.29. The zero-order valence-electron chi connectivity index (χ0n) is 24.3. The average Bonchev–Trinajstić information content (AvgIpc) is 2.93. The Morgan fingerprint density at radius 3 is 2.26 bits per heavy atom. The number of rotatable bonds is 10. The summed E-state index contributed by atoms with van der Waals surface area (Å²) < 4.78 is 6.50. The fourth-order valence-corrected chi connectivity index (χ4v) is 5.65. The molecule has 1 aromatic heterocycles. The van der Waals surface area contributed by atoms with E-state index < -0.39 is 0 Å². The van der Waals surface area contributed by atoms with Crippen LogP contribution >= 0.6 is 0 Å². The van der Waals surface area contributed by atoms with Gasteiger partial charge in [0.25, 0.3) is 0 Å². The number of pyridine rings is 1. The Kier molecular flexibility index (Phi) is 9.62. The van der Waals surface area contributed by atoms with Crippen molar-refractivity contribution in [3.05, 3.63) is 81.5 Å². The number of aromatic nitrogens is 1. The number of aliphatic hydroxyl groups excluding tert-OH is 1. The number of hydrogen-bond acceptors (Lipinski definition) is 4. The molecule has 4 rings (SSSR count). The van der Waals surface area contributed by atoms with E-state index >= 15 is 0 Å². The van der Waals surface area contributed by atoms with Crippen molar-refractivity contribution in [2.45, 2.75) is 86.3 Å². The van der Waals surface area contributed by atoms with E-state index in [2.05, 4.69) is 88.9 Å². The summed E-state index contributed by atoms with van der Waals surface area (Å²) >= 11 is 0. The molecule has 3 aromatic rings. The highest BCUT2D eigenvalue weighted by Crippen LogP contribution is 2.32. The van der Waals surface area contributed by atoms with Crippen LogP contribution in [0.15, 0.2) is 42.5 Å². The van der Waals surface area contributed by atoms with Crippen molar-refractivity contribution in [2.75, 3.05) is 19.7 Å². The number of ether oxygens (including phenoxy) is 1. The van der Waals surface area contributed by atoms with Crippen LogP contribution in [0.1, 0.15) is 85.5 Å². The monoisotopic (exact) mass is 514 g/mol. The van der Waals surface area contributed by atoms with Crippen LogP contribution in [-0.2, 0) is 26.0 Å². The van der Waals surface area contributed by atoms with Crippen molar-refractivity contribution in [1.29, 1.82) is 0 Å². The Hall–Kier alpha value is -2.69. The molecule has 4 nitrogen and oxygen atoms in total. The molecular formula is C34H46N2O2. The molecule has 0 amide bonds. The van der Waals surface area contributed by atoms with E-state index in [1.54, 1.807) is 0 Å². The number of aliphatic hydroxyl groups is 1. The second-order valence-corrected chi connectivity index (χ2v) is 11.3. The SMILES string of the molecule is CCc1cccc(CC)c1-c1cc(CN2CCC(CO)CC2)c(COc2cc(C(C)C)ccc2C)c(C)n1. The maximum atomic E-state index is 9.62. The lowest BCUT2D eigenvalue weighted by atomic mass is 9.92. The molecule has 2 aromatic carbocycles. The predicted octanol–water partition coefficient (Wildman–Crippen LogP) is 7.40. The lowest BCUT2D eigenvalue weighted by molar-refractivity contribution is 0.127. The Morgan fingerprint density at radius 1 is 0.974 bits per heavy atom. The van der Waals surface area contributed by atoms with Gasteiger partial charge < -0.3 is 9.84 Å². The Bertz CT molecular complexity index is 1200.